The summed E-state index contributed by atoms with van der Waals surface area (Å²) in [5.41, 5.74) is 1.18. The van der Waals surface area contributed by atoms with Gasteiger partial charge in [0.15, 0.2) is 16.6 Å². The van der Waals surface area contributed by atoms with Crippen molar-refractivity contribution in [3.63, 3.8) is 0 Å². The van der Waals surface area contributed by atoms with Gasteiger partial charge in [-0.25, -0.2) is 14.4 Å². The molecule has 3 aromatic rings. The Morgan fingerprint density at radius 2 is 2.09 bits per heavy atom. The minimum absolute atomic E-state index is 0.00205. The van der Waals surface area contributed by atoms with Gasteiger partial charge in [0, 0.05) is 28.1 Å². The van der Waals surface area contributed by atoms with E-state index in [1.165, 1.54) is 11.3 Å². The Morgan fingerprint density at radius 1 is 1.26 bits per heavy atom. The largest absolute Gasteiger partial charge is 0.507 e. The van der Waals surface area contributed by atoms with E-state index < -0.39 is 11.7 Å². The molecule has 35 heavy (non-hydrogen) atoms. The lowest BCUT2D eigenvalue weighted by atomic mass is 9.82. The minimum atomic E-state index is -1.01. The second-order valence-corrected chi connectivity index (χ2v) is 11.3. The van der Waals surface area contributed by atoms with Gasteiger partial charge in [0.25, 0.3) is 0 Å². The molecule has 10 heteroatoms. The smallest absolute Gasteiger partial charge is 0.194 e. The number of halogens is 1. The molecule has 2 saturated heterocycles. The van der Waals surface area contributed by atoms with Crippen LogP contribution < -0.4 is 10.2 Å². The van der Waals surface area contributed by atoms with Crippen molar-refractivity contribution >= 4 is 17.2 Å². The number of phenols is 1. The molecular formula is C25H26FN7OS. The van der Waals surface area contributed by atoms with Crippen LogP contribution in [0.4, 0.5) is 10.2 Å². The lowest BCUT2D eigenvalue weighted by Crippen LogP contribution is -2.66. The normalized spacial score (nSPS) is 29.7. The van der Waals surface area contributed by atoms with Crippen LogP contribution in [0.15, 0.2) is 29.8 Å². The third-order valence-electron chi connectivity index (χ3n) is 7.64. The van der Waals surface area contributed by atoms with E-state index in [0.717, 1.165) is 32.1 Å². The van der Waals surface area contributed by atoms with Crippen molar-refractivity contribution in [1.29, 1.82) is 5.26 Å². The average Bonchev–Trinajstić information content (AvgIpc) is 3.48. The summed E-state index contributed by atoms with van der Waals surface area (Å²) in [6.07, 6.45) is 5.18. The number of hydrogen-bond acceptors (Lipinski definition) is 9. The molecule has 4 heterocycles. The number of anilines is 1. The summed E-state index contributed by atoms with van der Waals surface area (Å²) in [6.45, 7) is 4.18. The number of thiazole rings is 1. The number of phenolic OH excluding ortho intramolecular Hbond substituents is 1. The van der Waals surface area contributed by atoms with E-state index in [1.807, 2.05) is 13.0 Å². The predicted molar refractivity (Wildman–Crippen MR) is 131 cm³/mol. The molecule has 3 fully saturated rings. The zero-order valence-electron chi connectivity index (χ0n) is 19.6. The molecule has 8 nitrogen and oxygen atoms in total. The molecule has 2 aliphatic heterocycles. The van der Waals surface area contributed by atoms with E-state index in [9.17, 15) is 5.11 Å². The number of aromatic nitrogens is 4. The van der Waals surface area contributed by atoms with Crippen LogP contribution in [0.1, 0.15) is 51.0 Å². The standard InChI is InChI=1S/C25H26FN7OS/c1-24-7-8-25(2,32-24)22(26)18(10-24)33(15-4-5-15)20-12-28-23(31-30-20)16-6-3-14(9-19(16)34)17-13-35-21(11-27)29-17/h3,6,9,12-13,15,18,22,32,34H,4-5,7-8,10H2,1-2H3/t18-,22-,24-,25+/m1/s1. The zero-order chi connectivity index (χ0) is 24.4. The second-order valence-electron chi connectivity index (χ2n) is 10.4. The van der Waals surface area contributed by atoms with Crippen LogP contribution in [0.5, 0.6) is 5.75 Å². The highest BCUT2D eigenvalue weighted by atomic mass is 32.1. The molecule has 3 aliphatic rings. The molecule has 180 valence electrons. The number of nitriles is 1. The first-order chi connectivity index (χ1) is 16.8. The number of piperidine rings is 1. The van der Waals surface area contributed by atoms with Gasteiger partial charge in [0.1, 0.15) is 18.0 Å². The Labute approximate surface area is 206 Å². The number of alkyl halides is 1. The van der Waals surface area contributed by atoms with E-state index in [1.54, 1.807) is 29.8 Å². The first-order valence-electron chi connectivity index (χ1n) is 11.9. The molecule has 1 aromatic carbocycles. The third kappa shape index (κ3) is 3.83. The van der Waals surface area contributed by atoms with E-state index in [0.29, 0.717) is 33.5 Å². The molecule has 1 saturated carbocycles. The topological polar surface area (TPSA) is 111 Å². The van der Waals surface area contributed by atoms with Crippen LogP contribution in [0, 0.1) is 11.3 Å². The van der Waals surface area contributed by atoms with Gasteiger partial charge in [-0.05, 0) is 58.1 Å². The molecule has 4 atom stereocenters. The van der Waals surface area contributed by atoms with Crippen LogP contribution in [0.25, 0.3) is 22.6 Å². The number of nitrogens with zero attached hydrogens (tertiary/aromatic N) is 6. The molecule has 0 radical (unpaired) electrons. The molecule has 0 amide bonds. The van der Waals surface area contributed by atoms with Gasteiger partial charge in [-0.3, -0.25) is 0 Å². The fourth-order valence-electron chi connectivity index (χ4n) is 5.77. The second kappa shape index (κ2) is 7.93. The first-order valence-corrected chi connectivity index (χ1v) is 12.8. The van der Waals surface area contributed by atoms with E-state index >= 15 is 4.39 Å². The number of rotatable bonds is 5. The molecule has 2 aromatic heterocycles. The van der Waals surface area contributed by atoms with E-state index in [2.05, 4.69) is 37.3 Å². The lowest BCUT2D eigenvalue weighted by Gasteiger charge is -2.48. The highest BCUT2D eigenvalue weighted by molar-refractivity contribution is 7.10. The minimum Gasteiger partial charge on any atom is -0.507 e. The van der Waals surface area contributed by atoms with Gasteiger partial charge in [0.05, 0.1) is 23.5 Å². The van der Waals surface area contributed by atoms with Gasteiger partial charge in [-0.2, -0.15) is 5.26 Å². The van der Waals surface area contributed by atoms with Gasteiger partial charge >= 0.3 is 0 Å². The highest BCUT2D eigenvalue weighted by Crippen LogP contribution is 2.47. The number of aromatic hydroxyl groups is 1. The maximum absolute atomic E-state index is 15.8. The molecular weight excluding hydrogens is 465 g/mol. The Morgan fingerprint density at radius 3 is 2.74 bits per heavy atom. The Kier molecular flexibility index (Phi) is 5.06. The monoisotopic (exact) mass is 491 g/mol. The Bertz CT molecular complexity index is 1320. The molecule has 2 N–H and O–H groups in total. The van der Waals surface area contributed by atoms with Gasteiger partial charge < -0.3 is 15.3 Å². The first kappa shape index (κ1) is 22.3. The van der Waals surface area contributed by atoms with E-state index in [-0.39, 0.29) is 23.4 Å². The van der Waals surface area contributed by atoms with Crippen molar-refractivity contribution in [2.75, 3.05) is 4.90 Å². The summed E-state index contributed by atoms with van der Waals surface area (Å²) in [5, 5.41) is 34.1. The average molecular weight is 492 g/mol. The summed E-state index contributed by atoms with van der Waals surface area (Å²) in [7, 11) is 0. The summed E-state index contributed by atoms with van der Waals surface area (Å²) >= 11 is 1.25. The summed E-state index contributed by atoms with van der Waals surface area (Å²) in [4.78, 5) is 10.8. The number of nitrogens with one attached hydrogen (secondary N) is 1. The zero-order valence-corrected chi connectivity index (χ0v) is 20.4. The third-order valence-corrected chi connectivity index (χ3v) is 8.38. The van der Waals surface area contributed by atoms with Crippen LogP contribution in [0.2, 0.25) is 0 Å². The van der Waals surface area contributed by atoms with Crippen molar-refractivity contribution in [3.05, 3.63) is 34.8 Å². The molecule has 2 bridgehead atoms. The number of benzene rings is 1. The number of fused-ring (bicyclic) bond motifs is 2. The van der Waals surface area contributed by atoms with Crippen LogP contribution in [-0.2, 0) is 0 Å². The summed E-state index contributed by atoms with van der Waals surface area (Å²) in [6, 6.07) is 7.11. The Balaban J connectivity index is 1.28. The van der Waals surface area contributed by atoms with Crippen LogP contribution in [-0.4, -0.2) is 54.6 Å². The SMILES string of the molecule is C[C@]12CC[C@](C)(N1)[C@H](F)[C@H](N(c1cnc(-c3ccc(-c4csc(C#N)n4)cc3O)nn1)C1CC1)C2. The molecule has 6 rings (SSSR count). The molecule has 1 aliphatic carbocycles. The highest BCUT2D eigenvalue weighted by Gasteiger charge is 2.58. The molecule has 0 spiro atoms. The summed E-state index contributed by atoms with van der Waals surface area (Å²) < 4.78 is 15.8. The summed E-state index contributed by atoms with van der Waals surface area (Å²) in [5.74, 6) is 0.882. The van der Waals surface area contributed by atoms with Crippen molar-refractivity contribution in [2.24, 2.45) is 0 Å². The fraction of sp³-hybridized carbons (Fsp3) is 0.480. The van der Waals surface area contributed by atoms with Crippen LogP contribution in [0.3, 0.4) is 0 Å². The quantitative estimate of drug-likeness (QED) is 0.546. The van der Waals surface area contributed by atoms with Crippen LogP contribution >= 0.6 is 11.3 Å². The van der Waals surface area contributed by atoms with Crippen molar-refractivity contribution < 1.29 is 9.50 Å². The maximum atomic E-state index is 15.8. The van der Waals surface area contributed by atoms with Gasteiger partial charge in [-0.15, -0.1) is 21.5 Å². The van der Waals surface area contributed by atoms with Gasteiger partial charge in [0.2, 0.25) is 0 Å². The fourth-order valence-corrected chi connectivity index (χ4v) is 6.38. The van der Waals surface area contributed by atoms with E-state index in [4.69, 9.17) is 5.26 Å². The maximum Gasteiger partial charge on any atom is 0.194 e. The van der Waals surface area contributed by atoms with Crippen molar-refractivity contribution in [1.82, 2.24) is 25.5 Å². The molecule has 0 unspecified atom stereocenters. The van der Waals surface area contributed by atoms with Crippen molar-refractivity contribution in [2.45, 2.75) is 75.3 Å². The predicted octanol–water partition coefficient (Wildman–Crippen LogP) is 4.22. The Hall–Kier alpha value is -3.16. The lowest BCUT2D eigenvalue weighted by molar-refractivity contribution is 0.0831. The van der Waals surface area contributed by atoms with Gasteiger partial charge in [-0.1, -0.05) is 6.07 Å². The number of hydrogen-bond donors (Lipinski definition) is 2. The van der Waals surface area contributed by atoms with Crippen molar-refractivity contribution in [3.8, 4) is 34.5 Å².